The van der Waals surface area contributed by atoms with Gasteiger partial charge in [-0.2, -0.15) is 4.31 Å². The van der Waals surface area contributed by atoms with E-state index in [4.69, 9.17) is 4.52 Å². The van der Waals surface area contributed by atoms with Crippen LogP contribution in [-0.2, 0) is 15.8 Å². The molecule has 1 aromatic rings. The Labute approximate surface area is 113 Å². The maximum Gasteiger partial charge on any atom is 0.220 e. The molecular formula is C12H19N3O3S. The van der Waals surface area contributed by atoms with E-state index in [0.29, 0.717) is 18.3 Å². The zero-order valence-corrected chi connectivity index (χ0v) is 11.8. The number of aromatic nitrogens is 1. The van der Waals surface area contributed by atoms with Gasteiger partial charge in [0.25, 0.3) is 0 Å². The summed E-state index contributed by atoms with van der Waals surface area (Å²) < 4.78 is 31.3. The molecule has 106 valence electrons. The van der Waals surface area contributed by atoms with Crippen LogP contribution in [0.1, 0.15) is 25.5 Å². The fraction of sp³-hybridized carbons (Fsp3) is 0.750. The quantitative estimate of drug-likeness (QED) is 0.816. The highest BCUT2D eigenvalue weighted by Gasteiger charge is 2.39. The number of sulfonamides is 1. The minimum Gasteiger partial charge on any atom is -0.364 e. The second-order valence-electron chi connectivity index (χ2n) is 5.46. The predicted octanol–water partition coefficient (Wildman–Crippen LogP) is 0.673. The molecule has 0 saturated carbocycles. The Morgan fingerprint density at radius 3 is 3.05 bits per heavy atom. The van der Waals surface area contributed by atoms with Gasteiger partial charge in [-0.1, -0.05) is 5.16 Å². The molecule has 2 fully saturated rings. The fourth-order valence-electron chi connectivity index (χ4n) is 3.13. The molecule has 2 aliphatic rings. The second-order valence-corrected chi connectivity index (χ2v) is 7.38. The van der Waals surface area contributed by atoms with Crippen molar-refractivity contribution in [3.05, 3.63) is 18.0 Å². The molecule has 0 radical (unpaired) electrons. The minimum atomic E-state index is -3.31. The van der Waals surface area contributed by atoms with Crippen LogP contribution in [0.3, 0.4) is 0 Å². The number of rotatable bonds is 3. The zero-order chi connectivity index (χ0) is 13.5. The summed E-state index contributed by atoms with van der Waals surface area (Å²) in [7, 11) is -3.31. The molecule has 3 heterocycles. The van der Waals surface area contributed by atoms with Crippen LogP contribution in [0.25, 0.3) is 0 Å². The van der Waals surface area contributed by atoms with Crippen LogP contribution in [0.5, 0.6) is 0 Å². The number of hydrogen-bond acceptors (Lipinski definition) is 5. The summed E-state index contributed by atoms with van der Waals surface area (Å²) in [6.45, 7) is 4.53. The van der Waals surface area contributed by atoms with E-state index in [0.717, 1.165) is 19.5 Å². The molecule has 2 aliphatic heterocycles. The third-order valence-electron chi connectivity index (χ3n) is 4.06. The maximum absolute atomic E-state index is 12.5. The Morgan fingerprint density at radius 1 is 1.47 bits per heavy atom. The van der Waals surface area contributed by atoms with Crippen molar-refractivity contribution in [2.75, 3.05) is 19.6 Å². The summed E-state index contributed by atoms with van der Waals surface area (Å²) in [5.74, 6) is -0.0689. The topological polar surface area (TPSA) is 66.7 Å². The van der Waals surface area contributed by atoms with Crippen LogP contribution in [0.2, 0.25) is 0 Å². The van der Waals surface area contributed by atoms with Crippen molar-refractivity contribution < 1.29 is 12.9 Å². The molecule has 0 aromatic carbocycles. The lowest BCUT2D eigenvalue weighted by Crippen LogP contribution is -2.56. The van der Waals surface area contributed by atoms with Gasteiger partial charge in [0.05, 0.1) is 5.69 Å². The average molecular weight is 285 g/mol. The first-order valence-corrected chi connectivity index (χ1v) is 8.30. The molecule has 2 atom stereocenters. The van der Waals surface area contributed by atoms with E-state index in [2.05, 4.69) is 10.1 Å². The Balaban J connectivity index is 1.76. The molecule has 19 heavy (non-hydrogen) atoms. The zero-order valence-electron chi connectivity index (χ0n) is 11.0. The van der Waals surface area contributed by atoms with E-state index in [1.807, 2.05) is 6.92 Å². The van der Waals surface area contributed by atoms with Crippen LogP contribution < -0.4 is 0 Å². The lowest BCUT2D eigenvalue weighted by Gasteiger charge is -2.41. The van der Waals surface area contributed by atoms with E-state index in [9.17, 15) is 8.42 Å². The first kappa shape index (κ1) is 13.1. The van der Waals surface area contributed by atoms with Crippen LogP contribution in [0.15, 0.2) is 16.9 Å². The van der Waals surface area contributed by atoms with Crippen molar-refractivity contribution in [3.8, 4) is 0 Å². The molecule has 1 aromatic heterocycles. The SMILES string of the molecule is CC1CN2CCCC2CN1S(=O)(=O)Cc1ccon1. The Bertz CT molecular complexity index is 528. The summed E-state index contributed by atoms with van der Waals surface area (Å²) in [6, 6.07) is 2.03. The van der Waals surface area contributed by atoms with E-state index >= 15 is 0 Å². The van der Waals surface area contributed by atoms with Gasteiger partial charge in [-0.05, 0) is 26.3 Å². The summed E-state index contributed by atoms with van der Waals surface area (Å²) in [6.07, 6.45) is 3.68. The lowest BCUT2D eigenvalue weighted by molar-refractivity contribution is 0.117. The van der Waals surface area contributed by atoms with Gasteiger partial charge in [0.1, 0.15) is 12.0 Å². The van der Waals surface area contributed by atoms with Gasteiger partial charge in [0, 0.05) is 31.2 Å². The Hall–Kier alpha value is -0.920. The van der Waals surface area contributed by atoms with Crippen molar-refractivity contribution in [3.63, 3.8) is 0 Å². The lowest BCUT2D eigenvalue weighted by atomic mass is 10.1. The van der Waals surface area contributed by atoms with Crippen molar-refractivity contribution in [2.45, 2.75) is 37.6 Å². The molecule has 6 nitrogen and oxygen atoms in total. The second kappa shape index (κ2) is 4.88. The molecular weight excluding hydrogens is 266 g/mol. The van der Waals surface area contributed by atoms with Gasteiger partial charge < -0.3 is 4.52 Å². The Kier molecular flexibility index (Phi) is 3.36. The molecule has 0 aliphatic carbocycles. The van der Waals surface area contributed by atoms with Gasteiger partial charge in [-0.3, -0.25) is 4.90 Å². The summed E-state index contributed by atoms with van der Waals surface area (Å²) >= 11 is 0. The van der Waals surface area contributed by atoms with Crippen LogP contribution in [0, 0.1) is 0 Å². The van der Waals surface area contributed by atoms with Crippen molar-refractivity contribution in [1.29, 1.82) is 0 Å². The smallest absolute Gasteiger partial charge is 0.220 e. The fourth-order valence-corrected chi connectivity index (χ4v) is 4.83. The predicted molar refractivity (Wildman–Crippen MR) is 69.9 cm³/mol. The van der Waals surface area contributed by atoms with Gasteiger partial charge in [-0.15, -0.1) is 0 Å². The van der Waals surface area contributed by atoms with Crippen molar-refractivity contribution >= 4 is 10.0 Å². The average Bonchev–Trinajstić information content (AvgIpc) is 2.97. The summed E-state index contributed by atoms with van der Waals surface area (Å²) in [5.41, 5.74) is 0.473. The molecule has 2 saturated heterocycles. The molecule has 0 amide bonds. The standard InChI is InChI=1S/C12H19N3O3S/c1-10-7-14-5-2-3-12(14)8-15(10)19(16,17)9-11-4-6-18-13-11/h4,6,10,12H,2-3,5,7-9H2,1H3. The van der Waals surface area contributed by atoms with E-state index in [1.165, 1.54) is 12.7 Å². The highest BCUT2D eigenvalue weighted by atomic mass is 32.2. The minimum absolute atomic E-state index is 0.0336. The molecule has 0 bridgehead atoms. The maximum atomic E-state index is 12.5. The molecule has 3 rings (SSSR count). The normalized spacial score (nSPS) is 29.5. The van der Waals surface area contributed by atoms with Crippen LogP contribution >= 0.6 is 0 Å². The largest absolute Gasteiger partial charge is 0.364 e. The van der Waals surface area contributed by atoms with Crippen molar-refractivity contribution in [2.24, 2.45) is 0 Å². The molecule has 7 heteroatoms. The highest BCUT2D eigenvalue weighted by Crippen LogP contribution is 2.27. The number of nitrogens with zero attached hydrogens (tertiary/aromatic N) is 3. The monoisotopic (exact) mass is 285 g/mol. The van der Waals surface area contributed by atoms with E-state index in [1.54, 1.807) is 10.4 Å². The number of piperazine rings is 1. The number of fused-ring (bicyclic) bond motifs is 1. The molecule has 2 unspecified atom stereocenters. The van der Waals surface area contributed by atoms with Crippen LogP contribution in [0.4, 0.5) is 0 Å². The van der Waals surface area contributed by atoms with Gasteiger partial charge in [0.2, 0.25) is 10.0 Å². The molecule has 0 N–H and O–H groups in total. The van der Waals surface area contributed by atoms with E-state index < -0.39 is 10.0 Å². The third kappa shape index (κ3) is 2.54. The third-order valence-corrected chi connectivity index (χ3v) is 5.94. The summed E-state index contributed by atoms with van der Waals surface area (Å²) in [4.78, 5) is 2.41. The number of hydrogen-bond donors (Lipinski definition) is 0. The van der Waals surface area contributed by atoms with Gasteiger partial charge >= 0.3 is 0 Å². The van der Waals surface area contributed by atoms with Crippen molar-refractivity contribution in [1.82, 2.24) is 14.4 Å². The Morgan fingerprint density at radius 2 is 2.32 bits per heavy atom. The van der Waals surface area contributed by atoms with E-state index in [-0.39, 0.29) is 11.8 Å². The highest BCUT2D eigenvalue weighted by molar-refractivity contribution is 7.88. The van der Waals surface area contributed by atoms with Crippen LogP contribution in [-0.4, -0.2) is 54.5 Å². The molecule has 0 spiro atoms. The van der Waals surface area contributed by atoms with Gasteiger partial charge in [-0.25, -0.2) is 8.42 Å². The first-order valence-electron chi connectivity index (χ1n) is 6.69. The van der Waals surface area contributed by atoms with Gasteiger partial charge in [0.15, 0.2) is 0 Å². The summed E-state index contributed by atoms with van der Waals surface area (Å²) in [5, 5.41) is 3.70. The first-order chi connectivity index (χ1) is 9.06.